The Morgan fingerprint density at radius 3 is 2.60 bits per heavy atom. The summed E-state index contributed by atoms with van der Waals surface area (Å²) in [7, 11) is 1.42. The van der Waals surface area contributed by atoms with Crippen molar-refractivity contribution in [3.05, 3.63) is 30.1 Å². The molecule has 6 heteroatoms. The molecule has 1 saturated heterocycles. The topological polar surface area (TPSA) is 58.6 Å². The van der Waals surface area contributed by atoms with Crippen molar-refractivity contribution in [2.24, 2.45) is 5.92 Å². The standard InChI is InChI=1S/C19H25FN2O3/c1-25-19(24)13-8-10-14(11-9-13)21-16-6-4-12-22(18(16)23)17-7-3-2-5-15(17)20/h2-3,5,7,13-14,16,21H,4,6,8-12H2,1H3. The first-order valence-corrected chi connectivity index (χ1v) is 9.00. The molecule has 1 atom stereocenters. The van der Waals surface area contributed by atoms with Crippen molar-refractivity contribution in [1.29, 1.82) is 0 Å². The van der Waals surface area contributed by atoms with E-state index >= 15 is 0 Å². The Bertz CT molecular complexity index is 629. The van der Waals surface area contributed by atoms with Gasteiger partial charge in [0.05, 0.1) is 24.8 Å². The molecule has 1 heterocycles. The number of piperidine rings is 1. The summed E-state index contributed by atoms with van der Waals surface area (Å²) in [6, 6.07) is 6.34. The number of carbonyl (C=O) groups excluding carboxylic acids is 2. The van der Waals surface area contributed by atoms with Crippen molar-refractivity contribution < 1.29 is 18.7 Å². The third-order valence-corrected chi connectivity index (χ3v) is 5.28. The summed E-state index contributed by atoms with van der Waals surface area (Å²) >= 11 is 0. The van der Waals surface area contributed by atoms with Gasteiger partial charge in [0.1, 0.15) is 5.82 Å². The number of rotatable bonds is 4. The molecule has 2 fully saturated rings. The van der Waals surface area contributed by atoms with Gasteiger partial charge in [-0.2, -0.15) is 0 Å². The van der Waals surface area contributed by atoms with Crippen molar-refractivity contribution >= 4 is 17.6 Å². The van der Waals surface area contributed by atoms with E-state index in [2.05, 4.69) is 5.32 Å². The highest BCUT2D eigenvalue weighted by atomic mass is 19.1. The number of nitrogens with one attached hydrogen (secondary N) is 1. The predicted octanol–water partition coefficient (Wildman–Crippen LogP) is 2.64. The number of anilines is 1. The highest BCUT2D eigenvalue weighted by Gasteiger charge is 2.34. The van der Waals surface area contributed by atoms with Gasteiger partial charge in [0.15, 0.2) is 0 Å². The number of amides is 1. The van der Waals surface area contributed by atoms with Crippen LogP contribution in [0, 0.1) is 11.7 Å². The summed E-state index contributed by atoms with van der Waals surface area (Å²) in [5.41, 5.74) is 0.355. The summed E-state index contributed by atoms with van der Waals surface area (Å²) < 4.78 is 18.8. The fraction of sp³-hybridized carbons (Fsp3) is 0.579. The van der Waals surface area contributed by atoms with Crippen LogP contribution >= 0.6 is 0 Å². The first-order chi connectivity index (χ1) is 12.1. The molecule has 1 aromatic carbocycles. The molecule has 1 aliphatic heterocycles. The number of hydrogen-bond acceptors (Lipinski definition) is 4. The number of nitrogens with zero attached hydrogens (tertiary/aromatic N) is 1. The molecular weight excluding hydrogens is 323 g/mol. The third kappa shape index (κ3) is 4.00. The van der Waals surface area contributed by atoms with Crippen LogP contribution < -0.4 is 10.2 Å². The second-order valence-electron chi connectivity index (χ2n) is 6.87. The number of carbonyl (C=O) groups is 2. The molecule has 1 N–H and O–H groups in total. The van der Waals surface area contributed by atoms with Crippen molar-refractivity contribution in [3.8, 4) is 0 Å². The van der Waals surface area contributed by atoms with E-state index < -0.39 is 0 Å². The van der Waals surface area contributed by atoms with E-state index in [0.717, 1.165) is 38.5 Å². The monoisotopic (exact) mass is 348 g/mol. The smallest absolute Gasteiger partial charge is 0.308 e. The van der Waals surface area contributed by atoms with Crippen molar-refractivity contribution in [2.45, 2.75) is 50.6 Å². The lowest BCUT2D eigenvalue weighted by Crippen LogP contribution is -2.54. The van der Waals surface area contributed by atoms with Gasteiger partial charge in [-0.15, -0.1) is 0 Å². The number of hydrogen-bond donors (Lipinski definition) is 1. The lowest BCUT2D eigenvalue weighted by Gasteiger charge is -2.36. The van der Waals surface area contributed by atoms with Crippen LogP contribution in [-0.4, -0.2) is 37.6 Å². The van der Waals surface area contributed by atoms with Crippen LogP contribution in [0.3, 0.4) is 0 Å². The molecular formula is C19H25FN2O3. The van der Waals surface area contributed by atoms with Crippen molar-refractivity contribution in [1.82, 2.24) is 5.32 Å². The quantitative estimate of drug-likeness (QED) is 0.850. The molecule has 25 heavy (non-hydrogen) atoms. The maximum atomic E-state index is 14.0. The Hall–Kier alpha value is -1.95. The summed E-state index contributed by atoms with van der Waals surface area (Å²) in [4.78, 5) is 26.0. The minimum absolute atomic E-state index is 0.0278. The molecule has 0 bridgehead atoms. The molecule has 1 aromatic rings. The number of methoxy groups -OCH3 is 1. The van der Waals surface area contributed by atoms with Gasteiger partial charge < -0.3 is 15.0 Å². The molecule has 1 saturated carbocycles. The maximum absolute atomic E-state index is 14.0. The Labute approximate surface area is 147 Å². The number of esters is 1. The van der Waals surface area contributed by atoms with E-state index in [9.17, 15) is 14.0 Å². The van der Waals surface area contributed by atoms with Gasteiger partial charge in [-0.05, 0) is 50.7 Å². The van der Waals surface area contributed by atoms with Crippen LogP contribution in [0.4, 0.5) is 10.1 Å². The SMILES string of the molecule is COC(=O)C1CCC(NC2CCCN(c3ccccc3F)C2=O)CC1. The molecule has 1 aliphatic carbocycles. The van der Waals surface area contributed by atoms with E-state index in [1.54, 1.807) is 23.1 Å². The average molecular weight is 348 g/mol. The highest BCUT2D eigenvalue weighted by Crippen LogP contribution is 2.28. The second kappa shape index (κ2) is 7.95. The zero-order valence-electron chi connectivity index (χ0n) is 14.5. The van der Waals surface area contributed by atoms with Crippen LogP contribution in [-0.2, 0) is 14.3 Å². The van der Waals surface area contributed by atoms with E-state index in [1.165, 1.54) is 13.2 Å². The summed E-state index contributed by atoms with van der Waals surface area (Å²) in [5, 5.41) is 3.44. The fourth-order valence-corrected chi connectivity index (χ4v) is 3.89. The normalized spacial score (nSPS) is 27.2. The molecule has 5 nitrogen and oxygen atoms in total. The van der Waals surface area contributed by atoms with Gasteiger partial charge in [-0.3, -0.25) is 9.59 Å². The Kier molecular flexibility index (Phi) is 5.68. The minimum Gasteiger partial charge on any atom is -0.469 e. The van der Waals surface area contributed by atoms with Crippen LogP contribution in [0.2, 0.25) is 0 Å². The summed E-state index contributed by atoms with van der Waals surface area (Å²) in [6.45, 7) is 0.549. The van der Waals surface area contributed by atoms with Crippen LogP contribution in [0.1, 0.15) is 38.5 Å². The van der Waals surface area contributed by atoms with E-state index in [1.807, 2.05) is 0 Å². The van der Waals surface area contributed by atoms with Gasteiger partial charge in [-0.25, -0.2) is 4.39 Å². The van der Waals surface area contributed by atoms with Crippen LogP contribution in [0.25, 0.3) is 0 Å². The van der Waals surface area contributed by atoms with E-state index in [-0.39, 0.29) is 35.7 Å². The zero-order valence-corrected chi connectivity index (χ0v) is 14.5. The second-order valence-corrected chi connectivity index (χ2v) is 6.87. The van der Waals surface area contributed by atoms with Crippen LogP contribution in [0.5, 0.6) is 0 Å². The molecule has 0 aromatic heterocycles. The Morgan fingerprint density at radius 1 is 1.20 bits per heavy atom. The lowest BCUT2D eigenvalue weighted by atomic mass is 9.85. The summed E-state index contributed by atoms with van der Waals surface area (Å²) in [5.74, 6) is -0.598. The first-order valence-electron chi connectivity index (χ1n) is 9.00. The van der Waals surface area contributed by atoms with Crippen molar-refractivity contribution in [3.63, 3.8) is 0 Å². The lowest BCUT2D eigenvalue weighted by molar-refractivity contribution is -0.146. The molecule has 3 rings (SSSR count). The predicted molar refractivity (Wildman–Crippen MR) is 92.7 cm³/mol. The van der Waals surface area contributed by atoms with Gasteiger partial charge in [0.25, 0.3) is 0 Å². The van der Waals surface area contributed by atoms with Crippen molar-refractivity contribution in [2.75, 3.05) is 18.6 Å². The van der Waals surface area contributed by atoms with Crippen LogP contribution in [0.15, 0.2) is 24.3 Å². The number of para-hydroxylation sites is 1. The molecule has 1 unspecified atom stereocenters. The number of ether oxygens (including phenoxy) is 1. The van der Waals surface area contributed by atoms with Gasteiger partial charge in [-0.1, -0.05) is 12.1 Å². The molecule has 1 amide bonds. The number of benzene rings is 1. The average Bonchev–Trinajstić information content (AvgIpc) is 2.64. The Balaban J connectivity index is 1.59. The largest absolute Gasteiger partial charge is 0.469 e. The van der Waals surface area contributed by atoms with Gasteiger partial charge in [0, 0.05) is 12.6 Å². The molecule has 2 aliphatic rings. The highest BCUT2D eigenvalue weighted by molar-refractivity contribution is 5.98. The molecule has 0 radical (unpaired) electrons. The zero-order chi connectivity index (χ0) is 17.8. The van der Waals surface area contributed by atoms with E-state index in [4.69, 9.17) is 4.74 Å². The number of halogens is 1. The van der Waals surface area contributed by atoms with Gasteiger partial charge in [0.2, 0.25) is 5.91 Å². The fourth-order valence-electron chi connectivity index (χ4n) is 3.89. The molecule has 136 valence electrons. The minimum atomic E-state index is -0.366. The first kappa shape index (κ1) is 17.9. The summed E-state index contributed by atoms with van der Waals surface area (Å²) in [6.07, 6.45) is 4.87. The Morgan fingerprint density at radius 2 is 1.92 bits per heavy atom. The van der Waals surface area contributed by atoms with E-state index in [0.29, 0.717) is 12.2 Å². The van der Waals surface area contributed by atoms with Gasteiger partial charge >= 0.3 is 5.97 Å². The molecule has 0 spiro atoms. The maximum Gasteiger partial charge on any atom is 0.308 e. The third-order valence-electron chi connectivity index (χ3n) is 5.28.